The molecule has 6 rings (SSSR count). The van der Waals surface area contributed by atoms with Crippen LogP contribution in [0.3, 0.4) is 0 Å². The number of hydrogen-bond donors (Lipinski definition) is 0. The van der Waals surface area contributed by atoms with E-state index in [1.807, 2.05) is 30.3 Å². The molecule has 2 atom stereocenters. The van der Waals surface area contributed by atoms with Gasteiger partial charge in [-0.1, -0.05) is 6.07 Å². The van der Waals surface area contributed by atoms with E-state index in [2.05, 4.69) is 4.90 Å². The molecule has 1 aliphatic carbocycles. The molecule has 7 nitrogen and oxygen atoms in total. The quantitative estimate of drug-likeness (QED) is 0.152. The molecule has 1 amide bonds. The van der Waals surface area contributed by atoms with Crippen molar-refractivity contribution in [1.29, 1.82) is 0 Å². The number of amides is 1. The summed E-state index contributed by atoms with van der Waals surface area (Å²) in [6.45, 7) is 3.69. The van der Waals surface area contributed by atoms with Crippen molar-refractivity contribution in [3.63, 3.8) is 0 Å². The summed E-state index contributed by atoms with van der Waals surface area (Å²) in [6.07, 6.45) is -7.73. The molecule has 0 unspecified atom stereocenters. The predicted molar refractivity (Wildman–Crippen MR) is 161 cm³/mol. The van der Waals surface area contributed by atoms with Crippen LogP contribution in [0.2, 0.25) is 0 Å². The van der Waals surface area contributed by atoms with Crippen LogP contribution in [0.4, 0.5) is 37.0 Å². The van der Waals surface area contributed by atoms with Gasteiger partial charge in [0.15, 0.2) is 0 Å². The van der Waals surface area contributed by atoms with Crippen molar-refractivity contribution in [3.8, 4) is 16.9 Å². The number of aryl methyl sites for hydroxylation is 1. The van der Waals surface area contributed by atoms with Crippen LogP contribution in [0, 0.1) is 0 Å². The zero-order valence-corrected chi connectivity index (χ0v) is 26.0. The number of carbonyl (C=O) groups excluding carboxylic acids is 1. The minimum Gasteiger partial charge on any atom is -0.490 e. The van der Waals surface area contributed by atoms with E-state index in [1.54, 1.807) is 14.0 Å². The fraction of sp³-hybridized carbons (Fsp3) is 0.471. The van der Waals surface area contributed by atoms with Gasteiger partial charge in [0.2, 0.25) is 0 Å². The Labute approximate surface area is 268 Å². The van der Waals surface area contributed by atoms with Crippen molar-refractivity contribution in [1.82, 2.24) is 9.88 Å². The fourth-order valence-electron chi connectivity index (χ4n) is 5.87. The van der Waals surface area contributed by atoms with Crippen LogP contribution in [-0.2, 0) is 34.8 Å². The summed E-state index contributed by atoms with van der Waals surface area (Å²) in [5.41, 5.74) is -0.269. The minimum absolute atomic E-state index is 0.0604. The SMILES string of the molecule is COCCCc1ccc(OC2CC2)c(-c2ccc(N3CCC3)nc2CN2C(=O)O[C@H](c3cc(C(F)(F)F)cc(C(F)(F)F)c3)[C@@H]2C)c1. The third-order valence-electron chi connectivity index (χ3n) is 8.76. The second-order valence-corrected chi connectivity index (χ2v) is 12.3. The molecule has 0 radical (unpaired) electrons. The average molecular weight is 664 g/mol. The maximum Gasteiger partial charge on any atom is 0.416 e. The molecule has 2 aromatic carbocycles. The number of carbonyl (C=O) groups is 1. The fourth-order valence-corrected chi connectivity index (χ4v) is 5.87. The van der Waals surface area contributed by atoms with E-state index in [-0.39, 0.29) is 24.3 Å². The van der Waals surface area contributed by atoms with E-state index in [4.69, 9.17) is 19.2 Å². The Hall–Kier alpha value is -4.00. The zero-order chi connectivity index (χ0) is 33.5. The lowest BCUT2D eigenvalue weighted by Gasteiger charge is -2.33. The predicted octanol–water partition coefficient (Wildman–Crippen LogP) is 8.20. The molecular weight excluding hydrogens is 628 g/mol. The van der Waals surface area contributed by atoms with E-state index in [9.17, 15) is 31.1 Å². The smallest absolute Gasteiger partial charge is 0.416 e. The Bertz CT molecular complexity index is 1590. The Morgan fingerprint density at radius 3 is 2.23 bits per heavy atom. The number of alkyl halides is 6. The van der Waals surface area contributed by atoms with E-state index < -0.39 is 41.7 Å². The van der Waals surface area contributed by atoms with Crippen molar-refractivity contribution in [2.24, 2.45) is 0 Å². The third kappa shape index (κ3) is 7.29. The van der Waals surface area contributed by atoms with Crippen LogP contribution < -0.4 is 9.64 Å². The number of nitrogens with zero attached hydrogens (tertiary/aromatic N) is 3. The summed E-state index contributed by atoms with van der Waals surface area (Å²) in [5, 5.41) is 0. The Balaban J connectivity index is 1.36. The van der Waals surface area contributed by atoms with Gasteiger partial charge in [0.1, 0.15) is 17.7 Å². The van der Waals surface area contributed by atoms with Crippen LogP contribution in [0.15, 0.2) is 48.5 Å². The molecule has 13 heteroatoms. The Kier molecular flexibility index (Phi) is 9.03. The number of methoxy groups -OCH3 is 1. The third-order valence-corrected chi connectivity index (χ3v) is 8.76. The van der Waals surface area contributed by atoms with Crippen molar-refractivity contribution in [3.05, 3.63) is 76.5 Å². The highest BCUT2D eigenvalue weighted by atomic mass is 19.4. The van der Waals surface area contributed by atoms with E-state index in [0.29, 0.717) is 41.6 Å². The summed E-state index contributed by atoms with van der Waals surface area (Å²) < 4.78 is 98.7. The van der Waals surface area contributed by atoms with Gasteiger partial charge in [-0.25, -0.2) is 9.78 Å². The molecule has 252 valence electrons. The molecule has 0 N–H and O–H groups in total. The number of ether oxygens (including phenoxy) is 3. The summed E-state index contributed by atoms with van der Waals surface area (Å²) in [5.74, 6) is 1.38. The number of rotatable bonds is 11. The van der Waals surface area contributed by atoms with Gasteiger partial charge < -0.3 is 19.1 Å². The number of pyridine rings is 1. The van der Waals surface area contributed by atoms with Crippen molar-refractivity contribution >= 4 is 11.9 Å². The minimum atomic E-state index is -5.03. The van der Waals surface area contributed by atoms with E-state index >= 15 is 0 Å². The van der Waals surface area contributed by atoms with Crippen LogP contribution in [0.25, 0.3) is 11.1 Å². The van der Waals surface area contributed by atoms with Crippen molar-refractivity contribution in [2.75, 3.05) is 31.7 Å². The summed E-state index contributed by atoms with van der Waals surface area (Å²) in [6, 6.07) is 10.2. The van der Waals surface area contributed by atoms with Crippen LogP contribution >= 0.6 is 0 Å². The monoisotopic (exact) mass is 663 g/mol. The lowest BCUT2D eigenvalue weighted by Crippen LogP contribution is -2.38. The lowest BCUT2D eigenvalue weighted by atomic mass is 9.96. The molecule has 47 heavy (non-hydrogen) atoms. The molecule has 1 saturated carbocycles. The van der Waals surface area contributed by atoms with Gasteiger partial charge in [0.25, 0.3) is 0 Å². The second-order valence-electron chi connectivity index (χ2n) is 12.3. The molecule has 0 spiro atoms. The standard InChI is InChI=1S/C34H35F6N3O4/c1-20-31(22-16-23(33(35,36)37)18-24(17-22)34(38,39)40)47-32(44)43(20)19-28-26(9-11-30(41-28)42-12-4-13-42)27-15-21(5-3-14-45-2)6-10-29(27)46-25-7-8-25/h6,9-11,15-18,20,25,31H,3-5,7-8,12-14,19H2,1-2H3/t20-,31-/m0/s1. The molecule has 2 aliphatic heterocycles. The largest absolute Gasteiger partial charge is 0.490 e. The van der Waals surface area contributed by atoms with Gasteiger partial charge in [-0.15, -0.1) is 0 Å². The summed E-state index contributed by atoms with van der Waals surface area (Å²) >= 11 is 0. The van der Waals surface area contributed by atoms with Gasteiger partial charge in [-0.3, -0.25) is 4.90 Å². The van der Waals surface area contributed by atoms with Crippen molar-refractivity contribution < 1.29 is 45.3 Å². The normalized spacial score (nSPS) is 20.0. The number of hydrogen-bond acceptors (Lipinski definition) is 6. The maximum atomic E-state index is 13.6. The number of benzene rings is 2. The maximum absolute atomic E-state index is 13.6. The number of anilines is 1. The molecule has 2 saturated heterocycles. The van der Waals surface area contributed by atoms with Gasteiger partial charge in [-0.05, 0) is 92.6 Å². The number of cyclic esters (lactones) is 1. The molecule has 3 aliphatic rings. The first-order valence-electron chi connectivity index (χ1n) is 15.6. The Morgan fingerprint density at radius 1 is 0.936 bits per heavy atom. The average Bonchev–Trinajstić information content (AvgIpc) is 3.76. The molecule has 0 bridgehead atoms. The number of halogens is 6. The highest BCUT2D eigenvalue weighted by Gasteiger charge is 2.43. The van der Waals surface area contributed by atoms with Crippen LogP contribution in [-0.4, -0.2) is 54.9 Å². The molecule has 3 heterocycles. The van der Waals surface area contributed by atoms with Gasteiger partial charge in [0.05, 0.1) is 35.5 Å². The highest BCUT2D eigenvalue weighted by Crippen LogP contribution is 2.43. The molecular formula is C34H35F6N3O4. The van der Waals surface area contributed by atoms with Crippen LogP contribution in [0.5, 0.6) is 5.75 Å². The second kappa shape index (κ2) is 12.9. The first kappa shape index (κ1) is 32.9. The van der Waals surface area contributed by atoms with E-state index in [1.165, 1.54) is 4.90 Å². The molecule has 3 fully saturated rings. The molecule has 3 aromatic rings. The van der Waals surface area contributed by atoms with Crippen LogP contribution in [0.1, 0.15) is 66.7 Å². The first-order chi connectivity index (χ1) is 22.3. The van der Waals surface area contributed by atoms with Gasteiger partial charge in [0, 0.05) is 37.9 Å². The zero-order valence-electron chi connectivity index (χ0n) is 26.0. The van der Waals surface area contributed by atoms with Crippen molar-refractivity contribution in [2.45, 2.75) is 76.2 Å². The summed E-state index contributed by atoms with van der Waals surface area (Å²) in [4.78, 5) is 21.6. The highest BCUT2D eigenvalue weighted by molar-refractivity contribution is 5.76. The number of aromatic nitrogens is 1. The van der Waals surface area contributed by atoms with Gasteiger partial charge in [-0.2, -0.15) is 26.3 Å². The van der Waals surface area contributed by atoms with Gasteiger partial charge >= 0.3 is 18.4 Å². The summed E-state index contributed by atoms with van der Waals surface area (Å²) in [7, 11) is 1.65. The lowest BCUT2D eigenvalue weighted by molar-refractivity contribution is -0.143. The Morgan fingerprint density at radius 2 is 1.64 bits per heavy atom. The van der Waals surface area contributed by atoms with E-state index in [0.717, 1.165) is 56.3 Å². The molecule has 1 aromatic heterocycles. The topological polar surface area (TPSA) is 64.1 Å². The first-order valence-corrected chi connectivity index (χ1v) is 15.6.